The molecule has 0 aromatic heterocycles. The van der Waals surface area contributed by atoms with Gasteiger partial charge in [-0.3, -0.25) is 4.90 Å². The van der Waals surface area contributed by atoms with E-state index in [2.05, 4.69) is 11.8 Å². The first-order valence-electron chi connectivity index (χ1n) is 4.42. The number of rotatable bonds is 3. The first kappa shape index (κ1) is 12.2. The summed E-state index contributed by atoms with van der Waals surface area (Å²) < 4.78 is 0. The predicted octanol–water partition coefficient (Wildman–Crippen LogP) is 0.0360. The van der Waals surface area contributed by atoms with E-state index in [1.54, 1.807) is 0 Å². The molecule has 0 radical (unpaired) electrons. The highest BCUT2D eigenvalue weighted by molar-refractivity contribution is 5.85. The van der Waals surface area contributed by atoms with Gasteiger partial charge in [-0.2, -0.15) is 0 Å². The maximum Gasteiger partial charge on any atom is 0.0108 e. The van der Waals surface area contributed by atoms with Crippen molar-refractivity contribution in [2.45, 2.75) is 19.4 Å². The smallest absolute Gasteiger partial charge is 0.0108 e. The highest BCUT2D eigenvalue weighted by atomic mass is 35.5. The summed E-state index contributed by atoms with van der Waals surface area (Å²) in [6, 6.07) is 0.687. The molecule has 0 aliphatic carbocycles. The Morgan fingerprint density at radius 2 is 2.08 bits per heavy atom. The van der Waals surface area contributed by atoms with Gasteiger partial charge in [-0.25, -0.2) is 0 Å². The van der Waals surface area contributed by atoms with Gasteiger partial charge in [0, 0.05) is 25.7 Å². The molecule has 3 nitrogen and oxygen atoms in total. The molecule has 1 rings (SSSR count). The van der Waals surface area contributed by atoms with Crippen LogP contribution in [-0.2, 0) is 0 Å². The van der Waals surface area contributed by atoms with Crippen molar-refractivity contribution in [3.05, 3.63) is 0 Å². The van der Waals surface area contributed by atoms with Gasteiger partial charge >= 0.3 is 0 Å². The van der Waals surface area contributed by atoms with Gasteiger partial charge < -0.3 is 11.5 Å². The molecule has 1 aliphatic rings. The summed E-state index contributed by atoms with van der Waals surface area (Å²) in [6.45, 7) is 6.02. The number of nitrogens with two attached hydrogens (primary N) is 2. The standard InChI is InChI=1S/C8H19N3.ClH/c1-7-4-8(5-10)6-11(7)3-2-9;/h7-8H,2-6,9-10H2,1H3;1H. The molecule has 0 spiro atoms. The summed E-state index contributed by atoms with van der Waals surface area (Å²) in [5.41, 5.74) is 11.1. The zero-order chi connectivity index (χ0) is 8.27. The lowest BCUT2D eigenvalue weighted by Gasteiger charge is -2.19. The molecule has 0 aromatic carbocycles. The van der Waals surface area contributed by atoms with E-state index in [-0.39, 0.29) is 12.4 Å². The van der Waals surface area contributed by atoms with E-state index in [1.807, 2.05) is 0 Å². The second-order valence-corrected chi connectivity index (χ2v) is 3.47. The van der Waals surface area contributed by atoms with Crippen LogP contribution < -0.4 is 11.5 Å². The van der Waals surface area contributed by atoms with Gasteiger partial charge in [-0.1, -0.05) is 0 Å². The summed E-state index contributed by atoms with van der Waals surface area (Å²) >= 11 is 0. The minimum atomic E-state index is 0. The summed E-state index contributed by atoms with van der Waals surface area (Å²) in [5, 5.41) is 0. The van der Waals surface area contributed by atoms with Crippen LogP contribution in [0, 0.1) is 5.92 Å². The van der Waals surface area contributed by atoms with Crippen molar-refractivity contribution in [1.82, 2.24) is 4.90 Å². The summed E-state index contributed by atoms with van der Waals surface area (Å²) in [4.78, 5) is 2.43. The third-order valence-corrected chi connectivity index (χ3v) is 2.54. The van der Waals surface area contributed by atoms with E-state index in [0.717, 1.165) is 26.2 Å². The average Bonchev–Trinajstić information content (AvgIpc) is 2.33. The van der Waals surface area contributed by atoms with Gasteiger partial charge in [0.2, 0.25) is 0 Å². The Bertz CT molecular complexity index is 121. The Kier molecular flexibility index (Phi) is 5.84. The quantitative estimate of drug-likeness (QED) is 0.666. The third-order valence-electron chi connectivity index (χ3n) is 2.54. The highest BCUT2D eigenvalue weighted by Crippen LogP contribution is 2.20. The highest BCUT2D eigenvalue weighted by Gasteiger charge is 2.26. The van der Waals surface area contributed by atoms with Crippen molar-refractivity contribution in [2.75, 3.05) is 26.2 Å². The van der Waals surface area contributed by atoms with E-state index in [1.165, 1.54) is 6.42 Å². The number of nitrogens with zero attached hydrogens (tertiary/aromatic N) is 1. The number of likely N-dealkylation sites (tertiary alicyclic amines) is 1. The molecule has 1 fully saturated rings. The number of hydrogen-bond acceptors (Lipinski definition) is 3. The molecule has 1 saturated heterocycles. The van der Waals surface area contributed by atoms with Gasteiger partial charge in [0.25, 0.3) is 0 Å². The Morgan fingerprint density at radius 1 is 1.42 bits per heavy atom. The molecule has 0 bridgehead atoms. The van der Waals surface area contributed by atoms with Crippen LogP contribution in [0.1, 0.15) is 13.3 Å². The van der Waals surface area contributed by atoms with Gasteiger partial charge in [0.15, 0.2) is 0 Å². The Labute approximate surface area is 80.9 Å². The van der Waals surface area contributed by atoms with E-state index in [4.69, 9.17) is 11.5 Å². The van der Waals surface area contributed by atoms with Crippen molar-refractivity contribution in [1.29, 1.82) is 0 Å². The van der Waals surface area contributed by atoms with Crippen LogP contribution in [0.15, 0.2) is 0 Å². The minimum Gasteiger partial charge on any atom is -0.330 e. The van der Waals surface area contributed by atoms with E-state index in [0.29, 0.717) is 12.0 Å². The molecule has 74 valence electrons. The first-order chi connectivity index (χ1) is 5.27. The number of halogens is 1. The van der Waals surface area contributed by atoms with Crippen molar-refractivity contribution >= 4 is 12.4 Å². The summed E-state index contributed by atoms with van der Waals surface area (Å²) in [7, 11) is 0. The van der Waals surface area contributed by atoms with Crippen molar-refractivity contribution in [2.24, 2.45) is 17.4 Å². The Hall–Kier alpha value is 0.170. The normalized spacial score (nSPS) is 30.2. The average molecular weight is 194 g/mol. The molecule has 4 heteroatoms. The molecule has 1 aliphatic heterocycles. The molecule has 0 saturated carbocycles. The predicted molar refractivity (Wildman–Crippen MR) is 54.5 cm³/mol. The van der Waals surface area contributed by atoms with Crippen LogP contribution in [0.3, 0.4) is 0 Å². The fourth-order valence-corrected chi connectivity index (χ4v) is 1.87. The molecule has 4 N–H and O–H groups in total. The largest absolute Gasteiger partial charge is 0.330 e. The van der Waals surface area contributed by atoms with E-state index in [9.17, 15) is 0 Å². The topological polar surface area (TPSA) is 55.3 Å². The van der Waals surface area contributed by atoms with E-state index < -0.39 is 0 Å². The Morgan fingerprint density at radius 3 is 2.50 bits per heavy atom. The van der Waals surface area contributed by atoms with E-state index >= 15 is 0 Å². The van der Waals surface area contributed by atoms with Crippen molar-refractivity contribution in [3.8, 4) is 0 Å². The van der Waals surface area contributed by atoms with Crippen LogP contribution in [-0.4, -0.2) is 37.1 Å². The fraction of sp³-hybridized carbons (Fsp3) is 1.00. The van der Waals surface area contributed by atoms with Crippen LogP contribution in [0.4, 0.5) is 0 Å². The lowest BCUT2D eigenvalue weighted by molar-refractivity contribution is 0.272. The molecule has 0 aromatic rings. The van der Waals surface area contributed by atoms with Crippen LogP contribution in [0.2, 0.25) is 0 Å². The summed E-state index contributed by atoms with van der Waals surface area (Å²) in [6.07, 6.45) is 1.25. The molecule has 1 heterocycles. The van der Waals surface area contributed by atoms with Crippen LogP contribution in [0.25, 0.3) is 0 Å². The third kappa shape index (κ3) is 2.90. The summed E-state index contributed by atoms with van der Waals surface area (Å²) in [5.74, 6) is 0.705. The van der Waals surface area contributed by atoms with Crippen molar-refractivity contribution < 1.29 is 0 Å². The van der Waals surface area contributed by atoms with Gasteiger partial charge in [0.05, 0.1) is 0 Å². The zero-order valence-electron chi connectivity index (χ0n) is 7.70. The molecule has 0 amide bonds. The molecular weight excluding hydrogens is 174 g/mol. The molecule has 2 unspecified atom stereocenters. The van der Waals surface area contributed by atoms with Gasteiger partial charge in [-0.05, 0) is 25.8 Å². The zero-order valence-corrected chi connectivity index (χ0v) is 8.52. The van der Waals surface area contributed by atoms with Gasteiger partial charge in [0.1, 0.15) is 0 Å². The second-order valence-electron chi connectivity index (χ2n) is 3.47. The number of hydrogen-bond donors (Lipinski definition) is 2. The lowest BCUT2D eigenvalue weighted by Crippen LogP contribution is -2.32. The van der Waals surface area contributed by atoms with Gasteiger partial charge in [-0.15, -0.1) is 12.4 Å². The minimum absolute atomic E-state index is 0. The monoisotopic (exact) mass is 193 g/mol. The molecule has 12 heavy (non-hydrogen) atoms. The maximum atomic E-state index is 5.60. The molecular formula is C8H20ClN3. The second kappa shape index (κ2) is 5.75. The van der Waals surface area contributed by atoms with Crippen LogP contribution in [0.5, 0.6) is 0 Å². The Balaban J connectivity index is 0.00000121. The first-order valence-corrected chi connectivity index (χ1v) is 4.42. The SMILES string of the molecule is CC1CC(CN)CN1CCN.Cl. The van der Waals surface area contributed by atoms with Crippen LogP contribution >= 0.6 is 12.4 Å². The lowest BCUT2D eigenvalue weighted by atomic mass is 10.1. The van der Waals surface area contributed by atoms with Crippen molar-refractivity contribution in [3.63, 3.8) is 0 Å². The fourth-order valence-electron chi connectivity index (χ4n) is 1.87. The molecule has 2 atom stereocenters. The maximum absolute atomic E-state index is 5.60.